The maximum Gasteiger partial charge on any atom is 0.411 e. The van der Waals surface area contributed by atoms with E-state index in [9.17, 15) is 4.79 Å². The highest BCUT2D eigenvalue weighted by atomic mass is 79.9. The summed E-state index contributed by atoms with van der Waals surface area (Å²) in [6.07, 6.45) is 4.79. The summed E-state index contributed by atoms with van der Waals surface area (Å²) in [5.41, 5.74) is 2.28. The Morgan fingerprint density at radius 2 is 2.00 bits per heavy atom. The zero-order valence-electron chi connectivity index (χ0n) is 10.6. The van der Waals surface area contributed by atoms with Crippen molar-refractivity contribution in [2.24, 2.45) is 0 Å². The van der Waals surface area contributed by atoms with Crippen LogP contribution in [-0.4, -0.2) is 6.09 Å². The van der Waals surface area contributed by atoms with Crippen molar-refractivity contribution in [1.82, 2.24) is 0 Å². The third kappa shape index (κ3) is 3.87. The summed E-state index contributed by atoms with van der Waals surface area (Å²) in [7, 11) is 0. The van der Waals surface area contributed by atoms with Crippen LogP contribution >= 0.6 is 15.9 Å². The SMILES string of the molecule is C#Cc1ccc(NC(=O)OCc2ccccc2)c(Br)c1. The Kier molecular flexibility index (Phi) is 4.80. The van der Waals surface area contributed by atoms with Crippen LogP contribution in [0.5, 0.6) is 0 Å². The Hall–Kier alpha value is -2.25. The highest BCUT2D eigenvalue weighted by molar-refractivity contribution is 9.10. The maximum atomic E-state index is 11.7. The quantitative estimate of drug-likeness (QED) is 0.858. The first-order valence-corrected chi connectivity index (χ1v) is 6.72. The third-order valence-electron chi connectivity index (χ3n) is 2.59. The van der Waals surface area contributed by atoms with E-state index in [1.807, 2.05) is 30.3 Å². The summed E-state index contributed by atoms with van der Waals surface area (Å²) in [6, 6.07) is 14.7. The molecule has 0 fully saturated rings. The number of anilines is 1. The second-order valence-corrected chi connectivity index (χ2v) is 4.88. The van der Waals surface area contributed by atoms with Gasteiger partial charge in [-0.15, -0.1) is 6.42 Å². The molecule has 1 N–H and O–H groups in total. The summed E-state index contributed by atoms with van der Waals surface area (Å²) in [4.78, 5) is 11.7. The van der Waals surface area contributed by atoms with E-state index in [1.165, 1.54) is 0 Å². The van der Waals surface area contributed by atoms with Gasteiger partial charge >= 0.3 is 6.09 Å². The molecule has 100 valence electrons. The van der Waals surface area contributed by atoms with E-state index in [-0.39, 0.29) is 6.61 Å². The minimum atomic E-state index is -0.511. The summed E-state index contributed by atoms with van der Waals surface area (Å²) in [5.74, 6) is 2.52. The van der Waals surface area contributed by atoms with E-state index in [0.717, 1.165) is 11.1 Å². The van der Waals surface area contributed by atoms with Crippen molar-refractivity contribution in [1.29, 1.82) is 0 Å². The molecule has 0 aliphatic rings. The van der Waals surface area contributed by atoms with Crippen molar-refractivity contribution in [2.45, 2.75) is 6.61 Å². The Morgan fingerprint density at radius 3 is 2.65 bits per heavy atom. The van der Waals surface area contributed by atoms with E-state index < -0.39 is 6.09 Å². The Morgan fingerprint density at radius 1 is 1.25 bits per heavy atom. The summed E-state index contributed by atoms with van der Waals surface area (Å²) >= 11 is 3.35. The molecule has 20 heavy (non-hydrogen) atoms. The number of carbonyl (C=O) groups excluding carboxylic acids is 1. The summed E-state index contributed by atoms with van der Waals surface area (Å²) in [5, 5.41) is 2.66. The van der Waals surface area contributed by atoms with Crippen LogP contribution in [0.4, 0.5) is 10.5 Å². The van der Waals surface area contributed by atoms with Crippen LogP contribution in [0.15, 0.2) is 53.0 Å². The summed E-state index contributed by atoms with van der Waals surface area (Å²) < 4.78 is 5.84. The maximum absolute atomic E-state index is 11.7. The smallest absolute Gasteiger partial charge is 0.411 e. The van der Waals surface area contributed by atoms with Gasteiger partial charge in [0, 0.05) is 10.0 Å². The average molecular weight is 330 g/mol. The Labute approximate surface area is 126 Å². The largest absolute Gasteiger partial charge is 0.444 e. The van der Waals surface area contributed by atoms with Gasteiger partial charge in [-0.05, 0) is 39.7 Å². The standard InChI is InChI=1S/C16H12BrNO2/c1-2-12-8-9-15(14(17)10-12)18-16(19)20-11-13-6-4-3-5-7-13/h1,3-10H,11H2,(H,18,19). The van der Waals surface area contributed by atoms with Crippen LogP contribution in [0.3, 0.4) is 0 Å². The van der Waals surface area contributed by atoms with Crippen LogP contribution in [0, 0.1) is 12.3 Å². The minimum absolute atomic E-state index is 0.229. The lowest BCUT2D eigenvalue weighted by Crippen LogP contribution is -2.13. The molecule has 0 saturated heterocycles. The minimum Gasteiger partial charge on any atom is -0.444 e. The molecule has 0 aromatic heterocycles. The number of ether oxygens (including phenoxy) is 1. The highest BCUT2D eigenvalue weighted by Crippen LogP contribution is 2.23. The molecule has 3 nitrogen and oxygen atoms in total. The lowest BCUT2D eigenvalue weighted by Gasteiger charge is -2.09. The molecule has 0 radical (unpaired) electrons. The highest BCUT2D eigenvalue weighted by Gasteiger charge is 2.07. The lowest BCUT2D eigenvalue weighted by molar-refractivity contribution is 0.155. The molecule has 0 spiro atoms. The number of rotatable bonds is 3. The fourth-order valence-corrected chi connectivity index (χ4v) is 2.05. The van der Waals surface area contributed by atoms with Crippen LogP contribution < -0.4 is 5.32 Å². The van der Waals surface area contributed by atoms with Gasteiger partial charge in [-0.3, -0.25) is 5.32 Å². The number of hydrogen-bond donors (Lipinski definition) is 1. The normalized spacial score (nSPS) is 9.60. The first-order valence-electron chi connectivity index (χ1n) is 5.93. The fraction of sp³-hybridized carbons (Fsp3) is 0.0625. The van der Waals surface area contributed by atoms with Gasteiger partial charge in [0.15, 0.2) is 0 Å². The monoisotopic (exact) mass is 329 g/mol. The molecule has 0 aliphatic carbocycles. The molecular weight excluding hydrogens is 318 g/mol. The van der Waals surface area contributed by atoms with Gasteiger partial charge in [-0.25, -0.2) is 4.79 Å². The molecule has 2 aromatic rings. The molecule has 0 saturated carbocycles. The molecule has 2 rings (SSSR count). The van der Waals surface area contributed by atoms with Gasteiger partial charge in [-0.1, -0.05) is 36.3 Å². The van der Waals surface area contributed by atoms with Gasteiger partial charge in [0.2, 0.25) is 0 Å². The second kappa shape index (κ2) is 6.78. The number of amides is 1. The van der Waals surface area contributed by atoms with Crippen LogP contribution in [0.1, 0.15) is 11.1 Å². The molecule has 1 amide bonds. The first kappa shape index (κ1) is 14.2. The fourth-order valence-electron chi connectivity index (χ4n) is 1.58. The van der Waals surface area contributed by atoms with Crippen molar-refractivity contribution in [3.63, 3.8) is 0 Å². The topological polar surface area (TPSA) is 38.3 Å². The van der Waals surface area contributed by atoms with E-state index in [2.05, 4.69) is 27.2 Å². The van der Waals surface area contributed by atoms with E-state index in [1.54, 1.807) is 18.2 Å². The third-order valence-corrected chi connectivity index (χ3v) is 3.24. The number of nitrogens with one attached hydrogen (secondary N) is 1. The molecular formula is C16H12BrNO2. The predicted molar refractivity (Wildman–Crippen MR) is 82.3 cm³/mol. The molecule has 2 aromatic carbocycles. The molecule has 0 atom stereocenters. The number of halogens is 1. The molecule has 4 heteroatoms. The number of benzene rings is 2. The summed E-state index contributed by atoms with van der Waals surface area (Å²) in [6.45, 7) is 0.229. The van der Waals surface area contributed by atoms with E-state index in [4.69, 9.17) is 11.2 Å². The number of carbonyl (C=O) groups is 1. The molecule has 0 bridgehead atoms. The van der Waals surface area contributed by atoms with Gasteiger partial charge in [0.1, 0.15) is 6.61 Å². The molecule has 0 heterocycles. The first-order chi connectivity index (χ1) is 9.69. The van der Waals surface area contributed by atoms with E-state index >= 15 is 0 Å². The molecule has 0 unspecified atom stereocenters. The Bertz CT molecular complexity index is 647. The van der Waals surface area contributed by atoms with Crippen molar-refractivity contribution in [2.75, 3.05) is 5.32 Å². The van der Waals surface area contributed by atoms with Crippen molar-refractivity contribution >= 4 is 27.7 Å². The van der Waals surface area contributed by atoms with Gasteiger partial charge < -0.3 is 4.74 Å². The number of hydrogen-bond acceptors (Lipinski definition) is 2. The van der Waals surface area contributed by atoms with Crippen molar-refractivity contribution in [3.05, 3.63) is 64.1 Å². The van der Waals surface area contributed by atoms with Gasteiger partial charge in [0.25, 0.3) is 0 Å². The molecule has 0 aliphatic heterocycles. The zero-order valence-corrected chi connectivity index (χ0v) is 12.2. The van der Waals surface area contributed by atoms with Crippen LogP contribution in [0.25, 0.3) is 0 Å². The van der Waals surface area contributed by atoms with Gasteiger partial charge in [0.05, 0.1) is 5.69 Å². The van der Waals surface area contributed by atoms with Gasteiger partial charge in [-0.2, -0.15) is 0 Å². The van der Waals surface area contributed by atoms with Crippen molar-refractivity contribution < 1.29 is 9.53 Å². The second-order valence-electron chi connectivity index (χ2n) is 4.03. The number of terminal acetylenes is 1. The van der Waals surface area contributed by atoms with Crippen LogP contribution in [-0.2, 0) is 11.3 Å². The average Bonchev–Trinajstić information content (AvgIpc) is 2.48. The van der Waals surface area contributed by atoms with E-state index in [0.29, 0.717) is 10.2 Å². The lowest BCUT2D eigenvalue weighted by atomic mass is 10.2. The predicted octanol–water partition coefficient (Wildman–Crippen LogP) is 4.18. The Balaban J connectivity index is 1.93. The van der Waals surface area contributed by atoms with Crippen LogP contribution in [0.2, 0.25) is 0 Å². The van der Waals surface area contributed by atoms with Crippen molar-refractivity contribution in [3.8, 4) is 12.3 Å². The zero-order chi connectivity index (χ0) is 14.4.